The van der Waals surface area contributed by atoms with Crippen molar-refractivity contribution in [1.29, 1.82) is 0 Å². The van der Waals surface area contributed by atoms with Gasteiger partial charge in [0.1, 0.15) is 5.82 Å². The van der Waals surface area contributed by atoms with Crippen molar-refractivity contribution in [3.8, 4) is 0 Å². The zero-order valence-corrected chi connectivity index (χ0v) is 7.59. The Kier molecular flexibility index (Phi) is 4.38. The Morgan fingerprint density at radius 1 is 1.29 bits per heavy atom. The second kappa shape index (κ2) is 5.34. The summed E-state index contributed by atoms with van der Waals surface area (Å²) in [5, 5.41) is 0. The third kappa shape index (κ3) is 2.70. The summed E-state index contributed by atoms with van der Waals surface area (Å²) in [6.07, 6.45) is 10.3. The van der Waals surface area contributed by atoms with Crippen LogP contribution in [0.2, 0.25) is 0 Å². The molecule has 0 amide bonds. The number of aromatic nitrogens is 4. The monoisotopic (exact) mass is 200 g/mol. The zero-order chi connectivity index (χ0) is 9.10. The molecule has 0 aliphatic carbocycles. The van der Waals surface area contributed by atoms with Gasteiger partial charge in [-0.3, -0.25) is 0 Å². The standard InChI is InChI=1S/C9H12N4.Na.H/c1-12-6-4-11-9(12)2-5-13-7-3-10-8-13;;/h3-4,6-8H,2,5H2,1H3;;. The average molecular weight is 200 g/mol. The van der Waals surface area contributed by atoms with Crippen LogP contribution in [0.15, 0.2) is 31.1 Å². The summed E-state index contributed by atoms with van der Waals surface area (Å²) in [5.74, 6) is 1.11. The van der Waals surface area contributed by atoms with Crippen molar-refractivity contribution >= 4 is 29.6 Å². The molecular weight excluding hydrogens is 187 g/mol. The van der Waals surface area contributed by atoms with E-state index in [9.17, 15) is 0 Å². The first-order valence-electron chi connectivity index (χ1n) is 4.28. The van der Waals surface area contributed by atoms with Crippen LogP contribution in [0.4, 0.5) is 0 Å². The Balaban J connectivity index is 0.000000980. The van der Waals surface area contributed by atoms with Crippen molar-refractivity contribution in [3.05, 3.63) is 36.9 Å². The molecule has 2 aromatic rings. The fraction of sp³-hybridized carbons (Fsp3) is 0.333. The van der Waals surface area contributed by atoms with E-state index in [1.54, 1.807) is 6.20 Å². The first kappa shape index (κ1) is 11.5. The van der Waals surface area contributed by atoms with Gasteiger partial charge in [0, 0.05) is 44.8 Å². The van der Waals surface area contributed by atoms with E-state index < -0.39 is 0 Å². The van der Waals surface area contributed by atoms with E-state index in [4.69, 9.17) is 0 Å². The fourth-order valence-corrected chi connectivity index (χ4v) is 1.29. The van der Waals surface area contributed by atoms with Crippen LogP contribution >= 0.6 is 0 Å². The van der Waals surface area contributed by atoms with Crippen LogP contribution in [0, 0.1) is 0 Å². The molecule has 0 N–H and O–H groups in total. The first-order valence-corrected chi connectivity index (χ1v) is 4.28. The van der Waals surface area contributed by atoms with E-state index >= 15 is 0 Å². The fourth-order valence-electron chi connectivity index (χ4n) is 1.29. The molecule has 70 valence electrons. The molecule has 0 bridgehead atoms. The van der Waals surface area contributed by atoms with Crippen LogP contribution in [0.25, 0.3) is 0 Å². The van der Waals surface area contributed by atoms with Gasteiger partial charge in [-0.2, -0.15) is 0 Å². The Labute approximate surface area is 105 Å². The number of hydrogen-bond donors (Lipinski definition) is 0. The Morgan fingerprint density at radius 3 is 2.71 bits per heavy atom. The third-order valence-corrected chi connectivity index (χ3v) is 2.07. The molecule has 0 aliphatic heterocycles. The molecular formula is C9H13N4Na. The molecule has 0 saturated heterocycles. The van der Waals surface area contributed by atoms with Crippen LogP contribution in [-0.2, 0) is 20.0 Å². The molecule has 0 unspecified atom stereocenters. The average Bonchev–Trinajstić information content (AvgIpc) is 2.72. The molecule has 0 spiro atoms. The van der Waals surface area contributed by atoms with Crippen molar-refractivity contribution in [1.82, 2.24) is 19.1 Å². The molecule has 2 rings (SSSR count). The molecule has 0 aliphatic rings. The topological polar surface area (TPSA) is 35.6 Å². The maximum atomic E-state index is 4.24. The van der Waals surface area contributed by atoms with Gasteiger partial charge in [0.25, 0.3) is 0 Å². The molecule has 14 heavy (non-hydrogen) atoms. The summed E-state index contributed by atoms with van der Waals surface area (Å²) in [7, 11) is 2.01. The number of aryl methyl sites for hydroxylation is 3. The summed E-state index contributed by atoms with van der Waals surface area (Å²) in [5.41, 5.74) is 0. The van der Waals surface area contributed by atoms with Crippen molar-refractivity contribution < 1.29 is 0 Å². The minimum absolute atomic E-state index is 0. The van der Waals surface area contributed by atoms with Crippen molar-refractivity contribution in [2.24, 2.45) is 7.05 Å². The summed E-state index contributed by atoms with van der Waals surface area (Å²) >= 11 is 0. The number of nitrogens with zero attached hydrogens (tertiary/aromatic N) is 4. The maximum absolute atomic E-state index is 4.24. The van der Waals surface area contributed by atoms with E-state index in [1.165, 1.54) is 0 Å². The molecule has 5 heteroatoms. The number of rotatable bonds is 3. The molecule has 4 nitrogen and oxygen atoms in total. The summed E-state index contributed by atoms with van der Waals surface area (Å²) in [6, 6.07) is 0. The molecule has 0 fully saturated rings. The molecule has 0 aromatic carbocycles. The van der Waals surface area contributed by atoms with E-state index in [-0.39, 0.29) is 29.6 Å². The predicted molar refractivity (Wildman–Crippen MR) is 56.3 cm³/mol. The van der Waals surface area contributed by atoms with Gasteiger partial charge in [-0.15, -0.1) is 0 Å². The zero-order valence-electron chi connectivity index (χ0n) is 7.59. The predicted octanol–water partition coefficient (Wildman–Crippen LogP) is 0.211. The second-order valence-electron chi connectivity index (χ2n) is 3.00. The van der Waals surface area contributed by atoms with E-state index in [2.05, 4.69) is 14.5 Å². The SMILES string of the molecule is Cn1ccnc1CCn1ccnc1.[NaH]. The second-order valence-corrected chi connectivity index (χ2v) is 3.00. The summed E-state index contributed by atoms with van der Waals surface area (Å²) < 4.78 is 4.09. The van der Waals surface area contributed by atoms with Gasteiger partial charge in [-0.25, -0.2) is 9.97 Å². The molecule has 0 radical (unpaired) electrons. The number of hydrogen-bond acceptors (Lipinski definition) is 2. The summed E-state index contributed by atoms with van der Waals surface area (Å²) in [6.45, 7) is 0.935. The van der Waals surface area contributed by atoms with Gasteiger partial charge in [-0.05, 0) is 0 Å². The van der Waals surface area contributed by atoms with Gasteiger partial charge < -0.3 is 9.13 Å². The van der Waals surface area contributed by atoms with Gasteiger partial charge in [0.2, 0.25) is 0 Å². The Hall–Kier alpha value is -0.580. The van der Waals surface area contributed by atoms with E-state index in [0.29, 0.717) is 0 Å². The van der Waals surface area contributed by atoms with Crippen molar-refractivity contribution in [2.45, 2.75) is 13.0 Å². The van der Waals surface area contributed by atoms with Gasteiger partial charge >= 0.3 is 29.6 Å². The Bertz CT molecular complexity index is 366. The van der Waals surface area contributed by atoms with Crippen molar-refractivity contribution in [2.75, 3.05) is 0 Å². The van der Waals surface area contributed by atoms with Crippen LogP contribution in [0.1, 0.15) is 5.82 Å². The van der Waals surface area contributed by atoms with Crippen LogP contribution in [-0.4, -0.2) is 48.7 Å². The number of imidazole rings is 2. The van der Waals surface area contributed by atoms with Crippen LogP contribution in [0.3, 0.4) is 0 Å². The van der Waals surface area contributed by atoms with Gasteiger partial charge in [-0.1, -0.05) is 0 Å². The normalized spacial score (nSPS) is 9.79. The Morgan fingerprint density at radius 2 is 2.14 bits per heavy atom. The van der Waals surface area contributed by atoms with E-state index in [1.807, 2.05) is 36.5 Å². The molecule has 2 heterocycles. The molecule has 0 atom stereocenters. The van der Waals surface area contributed by atoms with E-state index in [0.717, 1.165) is 18.8 Å². The van der Waals surface area contributed by atoms with Crippen LogP contribution in [0.5, 0.6) is 0 Å². The van der Waals surface area contributed by atoms with Crippen molar-refractivity contribution in [3.63, 3.8) is 0 Å². The van der Waals surface area contributed by atoms with Gasteiger partial charge in [0.15, 0.2) is 0 Å². The van der Waals surface area contributed by atoms with Crippen LogP contribution < -0.4 is 0 Å². The molecule has 2 aromatic heterocycles. The first-order chi connectivity index (χ1) is 6.36. The molecule has 0 saturated carbocycles. The van der Waals surface area contributed by atoms with Gasteiger partial charge in [0.05, 0.1) is 6.33 Å². The summed E-state index contributed by atoms with van der Waals surface area (Å²) in [4.78, 5) is 8.22. The quantitative estimate of drug-likeness (QED) is 0.664. The third-order valence-electron chi connectivity index (χ3n) is 2.07. The minimum atomic E-state index is 0.